The number of Topliss-reactive ketones (excluding diaryl/α,β-unsaturated/α-hetero) is 1. The minimum Gasteiger partial charge on any atom is -0.497 e. The van der Waals surface area contributed by atoms with Gasteiger partial charge >= 0.3 is 7.12 Å². The van der Waals surface area contributed by atoms with E-state index in [2.05, 4.69) is 0 Å². The lowest BCUT2D eigenvalue weighted by molar-refractivity contribution is 0.0921. The maximum absolute atomic E-state index is 12.1. The molecule has 2 aromatic rings. The van der Waals surface area contributed by atoms with Crippen molar-refractivity contribution in [3.8, 4) is 17.2 Å². The van der Waals surface area contributed by atoms with E-state index >= 15 is 0 Å². The molecule has 0 amide bonds. The van der Waals surface area contributed by atoms with Crippen LogP contribution in [-0.2, 0) is 0 Å². The highest BCUT2D eigenvalue weighted by atomic mass is 16.5. The molecule has 120 valence electrons. The molecule has 0 unspecified atom stereocenters. The van der Waals surface area contributed by atoms with Crippen molar-refractivity contribution >= 4 is 18.4 Å². The molecule has 23 heavy (non-hydrogen) atoms. The van der Waals surface area contributed by atoms with Gasteiger partial charge in [-0.15, -0.1) is 0 Å². The highest BCUT2D eigenvalue weighted by Crippen LogP contribution is 2.18. The fraction of sp³-hybridized carbons (Fsp3) is 0.188. The zero-order valence-electron chi connectivity index (χ0n) is 12.9. The molecule has 2 rings (SSSR count). The lowest BCUT2D eigenvalue weighted by Crippen LogP contribution is -2.32. The van der Waals surface area contributed by atoms with Crippen molar-refractivity contribution in [1.82, 2.24) is 0 Å². The molecule has 0 aliphatic heterocycles. The maximum Gasteiger partial charge on any atom is 0.492 e. The number of benzene rings is 2. The van der Waals surface area contributed by atoms with Gasteiger partial charge in [0.1, 0.15) is 17.2 Å². The van der Waals surface area contributed by atoms with Crippen molar-refractivity contribution in [2.45, 2.75) is 0 Å². The first kappa shape index (κ1) is 16.9. The normalized spacial score (nSPS) is 10.1. The Balaban J connectivity index is 2.11. The Morgan fingerprint density at radius 1 is 1.00 bits per heavy atom. The number of methoxy groups -OCH3 is 2. The molecule has 0 spiro atoms. The minimum absolute atomic E-state index is 0.160. The zero-order chi connectivity index (χ0) is 16.8. The number of ether oxygens (including phenoxy) is 3. The SMILES string of the molecule is COc1ccc(C(=O)COc2cc(OC)ccc2B(O)O)cc1. The molecule has 0 atom stereocenters. The van der Waals surface area contributed by atoms with Crippen LogP contribution in [0.4, 0.5) is 0 Å². The third kappa shape index (κ3) is 4.24. The first-order valence-electron chi connectivity index (χ1n) is 6.89. The van der Waals surface area contributed by atoms with Crippen molar-refractivity contribution in [2.24, 2.45) is 0 Å². The Morgan fingerprint density at radius 3 is 2.17 bits per heavy atom. The van der Waals surface area contributed by atoms with Gasteiger partial charge in [0.2, 0.25) is 0 Å². The molecule has 0 aliphatic rings. The van der Waals surface area contributed by atoms with Crippen molar-refractivity contribution in [3.05, 3.63) is 48.0 Å². The second-order valence-electron chi connectivity index (χ2n) is 4.72. The molecular formula is C16H17BO6. The van der Waals surface area contributed by atoms with E-state index in [1.165, 1.54) is 19.2 Å². The largest absolute Gasteiger partial charge is 0.497 e. The van der Waals surface area contributed by atoms with Crippen LogP contribution in [0.5, 0.6) is 17.2 Å². The van der Waals surface area contributed by atoms with Crippen molar-refractivity contribution in [3.63, 3.8) is 0 Å². The molecule has 0 aliphatic carbocycles. The Bertz CT molecular complexity index is 669. The van der Waals surface area contributed by atoms with Crippen molar-refractivity contribution in [1.29, 1.82) is 0 Å². The zero-order valence-corrected chi connectivity index (χ0v) is 12.9. The fourth-order valence-electron chi connectivity index (χ4n) is 1.98. The first-order valence-corrected chi connectivity index (χ1v) is 6.89. The number of ketones is 1. The van der Waals surface area contributed by atoms with Gasteiger partial charge in [0.15, 0.2) is 12.4 Å². The van der Waals surface area contributed by atoms with Crippen molar-refractivity contribution < 1.29 is 29.1 Å². The van der Waals surface area contributed by atoms with Gasteiger partial charge in [0.25, 0.3) is 0 Å². The number of rotatable bonds is 7. The molecule has 0 fully saturated rings. The van der Waals surface area contributed by atoms with Gasteiger partial charge < -0.3 is 24.3 Å². The van der Waals surface area contributed by atoms with E-state index in [9.17, 15) is 14.8 Å². The Labute approximate surface area is 134 Å². The maximum atomic E-state index is 12.1. The van der Waals surface area contributed by atoms with E-state index in [1.807, 2.05) is 0 Å². The van der Waals surface area contributed by atoms with Crippen LogP contribution in [0.1, 0.15) is 10.4 Å². The van der Waals surface area contributed by atoms with Crippen LogP contribution < -0.4 is 19.7 Å². The Morgan fingerprint density at radius 2 is 1.61 bits per heavy atom. The summed E-state index contributed by atoms with van der Waals surface area (Å²) in [6.07, 6.45) is 0. The summed E-state index contributed by atoms with van der Waals surface area (Å²) in [7, 11) is 1.33. The monoisotopic (exact) mass is 316 g/mol. The molecule has 6 nitrogen and oxygen atoms in total. The number of hydrogen-bond donors (Lipinski definition) is 2. The second kappa shape index (κ2) is 7.67. The van der Waals surface area contributed by atoms with Crippen LogP contribution in [0, 0.1) is 0 Å². The quantitative estimate of drug-likeness (QED) is 0.576. The Kier molecular flexibility index (Phi) is 5.62. The summed E-state index contributed by atoms with van der Waals surface area (Å²) in [5, 5.41) is 18.7. The lowest BCUT2D eigenvalue weighted by atomic mass is 9.79. The van der Waals surface area contributed by atoms with E-state index in [0.29, 0.717) is 17.1 Å². The van der Waals surface area contributed by atoms with Crippen molar-refractivity contribution in [2.75, 3.05) is 20.8 Å². The summed E-state index contributed by atoms with van der Waals surface area (Å²) < 4.78 is 15.5. The van der Waals surface area contributed by atoms with Crippen LogP contribution in [0.15, 0.2) is 42.5 Å². The molecular weight excluding hydrogens is 299 g/mol. The van der Waals surface area contributed by atoms with E-state index < -0.39 is 7.12 Å². The van der Waals surface area contributed by atoms with Crippen LogP contribution in [0.2, 0.25) is 0 Å². The fourth-order valence-corrected chi connectivity index (χ4v) is 1.98. The number of carbonyl (C=O) groups is 1. The smallest absolute Gasteiger partial charge is 0.492 e. The van der Waals surface area contributed by atoms with Gasteiger partial charge in [-0.05, 0) is 30.3 Å². The van der Waals surface area contributed by atoms with Crippen LogP contribution in [0.25, 0.3) is 0 Å². The van der Waals surface area contributed by atoms with Crippen LogP contribution in [0.3, 0.4) is 0 Å². The van der Waals surface area contributed by atoms with Gasteiger partial charge in [-0.1, -0.05) is 6.07 Å². The van der Waals surface area contributed by atoms with Crippen LogP contribution >= 0.6 is 0 Å². The summed E-state index contributed by atoms with van der Waals surface area (Å²) in [4.78, 5) is 12.1. The molecule has 0 heterocycles. The average molecular weight is 316 g/mol. The highest BCUT2D eigenvalue weighted by Gasteiger charge is 2.19. The molecule has 2 aromatic carbocycles. The predicted octanol–water partition coefficient (Wildman–Crippen LogP) is 0.645. The summed E-state index contributed by atoms with van der Waals surface area (Å²) in [5.41, 5.74) is 0.633. The Hall–Kier alpha value is -2.51. The molecule has 0 saturated carbocycles. The number of carbonyl (C=O) groups excluding carboxylic acids is 1. The topological polar surface area (TPSA) is 85.2 Å². The summed E-state index contributed by atoms with van der Waals surface area (Å²) in [6, 6.07) is 11.2. The minimum atomic E-state index is -1.70. The standard InChI is InChI=1S/C16H17BO6/c1-21-12-5-3-11(4-6-12)15(18)10-23-16-9-13(22-2)7-8-14(16)17(19)20/h3-9,19-20H,10H2,1-2H3. The van der Waals surface area contributed by atoms with Gasteiger partial charge in [0.05, 0.1) is 14.2 Å². The third-order valence-corrected chi connectivity index (χ3v) is 3.27. The molecule has 0 radical (unpaired) electrons. The average Bonchev–Trinajstić information content (AvgIpc) is 2.59. The van der Waals surface area contributed by atoms with Gasteiger partial charge in [-0.2, -0.15) is 0 Å². The highest BCUT2D eigenvalue weighted by molar-refractivity contribution is 6.59. The van der Waals surface area contributed by atoms with E-state index in [0.717, 1.165) is 0 Å². The molecule has 7 heteroatoms. The summed E-state index contributed by atoms with van der Waals surface area (Å²) >= 11 is 0. The third-order valence-electron chi connectivity index (χ3n) is 3.27. The van der Waals surface area contributed by atoms with Gasteiger partial charge in [0, 0.05) is 17.1 Å². The van der Waals surface area contributed by atoms with Gasteiger partial charge in [-0.3, -0.25) is 4.79 Å². The van der Waals surface area contributed by atoms with Gasteiger partial charge in [-0.25, -0.2) is 0 Å². The molecule has 0 bridgehead atoms. The molecule has 0 aromatic heterocycles. The molecule has 0 saturated heterocycles. The van der Waals surface area contributed by atoms with E-state index in [1.54, 1.807) is 37.4 Å². The second-order valence-corrected chi connectivity index (χ2v) is 4.72. The number of hydrogen-bond acceptors (Lipinski definition) is 6. The first-order chi connectivity index (χ1) is 11.0. The van der Waals surface area contributed by atoms with E-state index in [-0.39, 0.29) is 23.6 Å². The summed E-state index contributed by atoms with van der Waals surface area (Å²) in [5.74, 6) is 1.08. The molecule has 2 N–H and O–H groups in total. The van der Waals surface area contributed by atoms with Crippen LogP contribution in [-0.4, -0.2) is 43.8 Å². The summed E-state index contributed by atoms with van der Waals surface area (Å²) in [6.45, 7) is -0.237. The lowest BCUT2D eigenvalue weighted by Gasteiger charge is -2.12. The van der Waals surface area contributed by atoms with E-state index in [4.69, 9.17) is 14.2 Å². The predicted molar refractivity (Wildman–Crippen MR) is 85.6 cm³/mol.